The van der Waals surface area contributed by atoms with Crippen LogP contribution in [0.4, 0.5) is 0 Å². The lowest BCUT2D eigenvalue weighted by Crippen LogP contribution is -2.40. The second-order valence-corrected chi connectivity index (χ2v) is 9.72. The normalized spacial score (nSPS) is 23.7. The number of phenols is 1. The predicted octanol–water partition coefficient (Wildman–Crippen LogP) is 3.44. The lowest BCUT2D eigenvalue weighted by Gasteiger charge is -2.23. The fourth-order valence-corrected chi connectivity index (χ4v) is 4.99. The van der Waals surface area contributed by atoms with Gasteiger partial charge in [0.25, 0.3) is 5.91 Å². The minimum Gasteiger partial charge on any atom is -0.508 e. The third kappa shape index (κ3) is 3.38. The molecule has 2 amide bonds. The Bertz CT molecular complexity index is 1100. The number of carbonyl (C=O) groups excluding carboxylic acids is 2. The zero-order chi connectivity index (χ0) is 21.9. The third-order valence-electron chi connectivity index (χ3n) is 7.25. The number of aromatic hydroxyl groups is 1. The molecule has 2 heterocycles. The molecule has 4 aliphatic rings. The summed E-state index contributed by atoms with van der Waals surface area (Å²) in [6.07, 6.45) is 4.67. The van der Waals surface area contributed by atoms with E-state index in [2.05, 4.69) is 0 Å². The van der Waals surface area contributed by atoms with Crippen molar-refractivity contribution in [2.45, 2.75) is 37.6 Å². The van der Waals surface area contributed by atoms with Gasteiger partial charge in [-0.25, -0.2) is 0 Å². The first kappa shape index (κ1) is 19.5. The molecule has 0 aromatic heterocycles. The van der Waals surface area contributed by atoms with Crippen molar-refractivity contribution < 1.29 is 14.7 Å². The van der Waals surface area contributed by atoms with E-state index in [1.807, 2.05) is 46.2 Å². The lowest BCUT2D eigenvalue weighted by atomic mass is 10.0. The highest BCUT2D eigenvalue weighted by molar-refractivity contribution is 6.16. The molecule has 1 spiro atoms. The number of phenolic OH excluding ortho intramolecular Hbond substituents is 1. The number of amidine groups is 1. The highest BCUT2D eigenvalue weighted by Crippen LogP contribution is 2.46. The quantitative estimate of drug-likeness (QED) is 0.791. The second-order valence-electron chi connectivity index (χ2n) is 9.72. The first-order chi connectivity index (χ1) is 15.5. The SMILES string of the molecule is O=C(C1CC1)N1CCC(CN2C(=O)C3(CC3)N=C2c2ccc(-c3ccc(O)cc3)cc2)C1. The number of aliphatic imine (C=N–C) groups is 1. The average Bonchev–Trinajstić information content (AvgIpc) is 3.73. The molecule has 1 atom stereocenters. The topological polar surface area (TPSA) is 73.2 Å². The van der Waals surface area contributed by atoms with Gasteiger partial charge in [-0.05, 0) is 61.3 Å². The molecule has 2 aliphatic heterocycles. The van der Waals surface area contributed by atoms with Crippen molar-refractivity contribution in [3.63, 3.8) is 0 Å². The molecule has 6 nitrogen and oxygen atoms in total. The molecule has 1 unspecified atom stereocenters. The minimum atomic E-state index is -0.535. The summed E-state index contributed by atoms with van der Waals surface area (Å²) in [5.41, 5.74) is 2.50. The Labute approximate surface area is 187 Å². The molecule has 2 aliphatic carbocycles. The predicted molar refractivity (Wildman–Crippen MR) is 121 cm³/mol. The summed E-state index contributed by atoms with van der Waals surface area (Å²) in [5, 5.41) is 9.52. The van der Waals surface area contributed by atoms with Crippen LogP contribution in [0.25, 0.3) is 11.1 Å². The fraction of sp³-hybridized carbons (Fsp3) is 0.423. The Balaban J connectivity index is 1.21. The van der Waals surface area contributed by atoms with Crippen LogP contribution in [-0.2, 0) is 9.59 Å². The molecule has 2 aromatic rings. The molecule has 32 heavy (non-hydrogen) atoms. The van der Waals surface area contributed by atoms with Crippen molar-refractivity contribution in [3.05, 3.63) is 54.1 Å². The molecular weight excluding hydrogens is 402 g/mol. The molecule has 3 fully saturated rings. The van der Waals surface area contributed by atoms with Crippen molar-refractivity contribution in [2.24, 2.45) is 16.8 Å². The van der Waals surface area contributed by atoms with Gasteiger partial charge in [0.2, 0.25) is 5.91 Å². The van der Waals surface area contributed by atoms with E-state index in [0.29, 0.717) is 18.4 Å². The molecule has 0 radical (unpaired) electrons. The summed E-state index contributed by atoms with van der Waals surface area (Å²) in [7, 11) is 0. The van der Waals surface area contributed by atoms with E-state index < -0.39 is 5.54 Å². The Morgan fingerprint density at radius 3 is 2.22 bits per heavy atom. The summed E-state index contributed by atoms with van der Waals surface area (Å²) < 4.78 is 0. The summed E-state index contributed by atoms with van der Waals surface area (Å²) in [4.78, 5) is 34.4. The number of rotatable bonds is 5. The monoisotopic (exact) mass is 429 g/mol. The van der Waals surface area contributed by atoms with E-state index in [1.165, 1.54) is 0 Å². The van der Waals surface area contributed by atoms with Crippen molar-refractivity contribution in [1.82, 2.24) is 9.80 Å². The fourth-order valence-electron chi connectivity index (χ4n) is 4.99. The molecule has 2 aromatic carbocycles. The molecule has 0 bridgehead atoms. The van der Waals surface area contributed by atoms with Crippen molar-refractivity contribution in [3.8, 4) is 16.9 Å². The number of benzene rings is 2. The third-order valence-corrected chi connectivity index (χ3v) is 7.25. The zero-order valence-electron chi connectivity index (χ0n) is 18.0. The van der Waals surface area contributed by atoms with Gasteiger partial charge in [-0.3, -0.25) is 19.5 Å². The van der Waals surface area contributed by atoms with E-state index in [0.717, 1.165) is 67.7 Å². The Morgan fingerprint density at radius 2 is 1.59 bits per heavy atom. The summed E-state index contributed by atoms with van der Waals surface area (Å²) in [5.74, 6) is 2.01. The van der Waals surface area contributed by atoms with Crippen LogP contribution >= 0.6 is 0 Å². The maximum absolute atomic E-state index is 13.2. The standard InChI is InChI=1S/C26H27N3O3/c30-22-9-7-19(8-10-22)18-1-3-20(4-2-18)23-27-26(12-13-26)25(32)29(23)16-17-11-14-28(15-17)24(31)21-5-6-21/h1-4,7-10,17,21,30H,5-6,11-16H2. The molecule has 2 saturated carbocycles. The number of hydrogen-bond donors (Lipinski definition) is 1. The summed E-state index contributed by atoms with van der Waals surface area (Å²) in [6.45, 7) is 2.19. The van der Waals surface area contributed by atoms with Gasteiger partial charge in [0.05, 0.1) is 0 Å². The highest BCUT2D eigenvalue weighted by Gasteiger charge is 2.57. The maximum Gasteiger partial charge on any atom is 0.256 e. The number of hydrogen-bond acceptors (Lipinski definition) is 4. The molecule has 164 valence electrons. The first-order valence-corrected chi connectivity index (χ1v) is 11.6. The second kappa shape index (κ2) is 7.19. The van der Waals surface area contributed by atoms with Crippen LogP contribution in [0.5, 0.6) is 5.75 Å². The van der Waals surface area contributed by atoms with Crippen molar-refractivity contribution >= 4 is 17.6 Å². The Kier molecular flexibility index (Phi) is 4.39. The van der Waals surface area contributed by atoms with Crippen LogP contribution in [-0.4, -0.2) is 57.7 Å². The smallest absolute Gasteiger partial charge is 0.256 e. The number of amides is 2. The van der Waals surface area contributed by atoms with Crippen LogP contribution in [0.2, 0.25) is 0 Å². The van der Waals surface area contributed by atoms with Gasteiger partial charge >= 0.3 is 0 Å². The van der Waals surface area contributed by atoms with Crippen molar-refractivity contribution in [1.29, 1.82) is 0 Å². The zero-order valence-corrected chi connectivity index (χ0v) is 18.0. The molecule has 1 saturated heterocycles. The Morgan fingerprint density at radius 1 is 0.969 bits per heavy atom. The van der Waals surface area contributed by atoms with E-state index >= 15 is 0 Å². The first-order valence-electron chi connectivity index (χ1n) is 11.6. The van der Waals surface area contributed by atoms with Gasteiger partial charge in [-0.15, -0.1) is 0 Å². The molecule has 6 rings (SSSR count). The summed E-state index contributed by atoms with van der Waals surface area (Å²) >= 11 is 0. The van der Waals surface area contributed by atoms with Gasteiger partial charge in [0.15, 0.2) is 0 Å². The Hall–Kier alpha value is -3.15. The number of nitrogens with zero attached hydrogens (tertiary/aromatic N) is 3. The number of carbonyl (C=O) groups is 2. The molecular formula is C26H27N3O3. The van der Waals surface area contributed by atoms with E-state index in [-0.39, 0.29) is 17.6 Å². The van der Waals surface area contributed by atoms with Crippen LogP contribution in [0.3, 0.4) is 0 Å². The molecule has 1 N–H and O–H groups in total. The van der Waals surface area contributed by atoms with Gasteiger partial charge in [-0.1, -0.05) is 36.4 Å². The van der Waals surface area contributed by atoms with Crippen LogP contribution in [0.15, 0.2) is 53.5 Å². The van der Waals surface area contributed by atoms with E-state index in [4.69, 9.17) is 4.99 Å². The lowest BCUT2D eigenvalue weighted by molar-refractivity contribution is -0.131. The van der Waals surface area contributed by atoms with Crippen LogP contribution in [0, 0.1) is 11.8 Å². The summed E-state index contributed by atoms with van der Waals surface area (Å²) in [6, 6.07) is 15.3. The molecule has 6 heteroatoms. The maximum atomic E-state index is 13.2. The number of likely N-dealkylation sites (tertiary alicyclic amines) is 1. The van der Waals surface area contributed by atoms with Crippen molar-refractivity contribution in [2.75, 3.05) is 19.6 Å². The van der Waals surface area contributed by atoms with Gasteiger partial charge in [-0.2, -0.15) is 0 Å². The largest absolute Gasteiger partial charge is 0.508 e. The highest BCUT2D eigenvalue weighted by atomic mass is 16.3. The minimum absolute atomic E-state index is 0.127. The van der Waals surface area contributed by atoms with Gasteiger partial charge < -0.3 is 10.0 Å². The van der Waals surface area contributed by atoms with E-state index in [1.54, 1.807) is 12.1 Å². The van der Waals surface area contributed by atoms with Gasteiger partial charge in [0.1, 0.15) is 17.1 Å². The average molecular weight is 430 g/mol. The van der Waals surface area contributed by atoms with Crippen LogP contribution in [0.1, 0.15) is 37.7 Å². The van der Waals surface area contributed by atoms with E-state index in [9.17, 15) is 14.7 Å². The van der Waals surface area contributed by atoms with Crippen LogP contribution < -0.4 is 0 Å². The van der Waals surface area contributed by atoms with Gasteiger partial charge in [0, 0.05) is 31.1 Å².